The lowest BCUT2D eigenvalue weighted by atomic mass is 10.1. The molecule has 0 radical (unpaired) electrons. The minimum atomic E-state index is -1.18. The first-order chi connectivity index (χ1) is 21.7. The van der Waals surface area contributed by atoms with Crippen LogP contribution in [0.5, 0.6) is 0 Å². The predicted octanol–water partition coefficient (Wildman–Crippen LogP) is 1.88. The largest absolute Gasteiger partial charge is 0.460 e. The first-order valence-electron chi connectivity index (χ1n) is 15.1. The lowest BCUT2D eigenvalue weighted by Gasteiger charge is -2.22. The standard InChI is InChI=1S/C31H52N2O12/c1-31(2,3)45-28(34)24-27(33-30(36)44-25-26-8-6-5-7-9-26)29(35)32-10-11-38-14-15-40-18-19-42-22-23-43-21-20-41-17-16-39-13-12-37-4/h5-9,27H,10-25H2,1-4H3,(H,32,35)(H,33,36)/t27-/m0/s1. The first kappa shape index (κ1) is 40.2. The molecule has 258 valence electrons. The molecule has 14 nitrogen and oxygen atoms in total. The number of esters is 1. The molecule has 2 N–H and O–H groups in total. The van der Waals surface area contributed by atoms with E-state index in [9.17, 15) is 14.4 Å². The number of nitrogens with one attached hydrogen (secondary N) is 2. The number of amides is 2. The Morgan fingerprint density at radius 3 is 1.62 bits per heavy atom. The highest BCUT2D eigenvalue weighted by Gasteiger charge is 2.27. The minimum absolute atomic E-state index is 0.0212. The van der Waals surface area contributed by atoms with E-state index >= 15 is 0 Å². The third-order valence-corrected chi connectivity index (χ3v) is 5.45. The molecule has 1 aromatic rings. The first-order valence-corrected chi connectivity index (χ1v) is 15.1. The van der Waals surface area contributed by atoms with Crippen molar-refractivity contribution in [3.8, 4) is 0 Å². The van der Waals surface area contributed by atoms with Gasteiger partial charge < -0.3 is 53.3 Å². The van der Waals surface area contributed by atoms with E-state index in [4.69, 9.17) is 42.6 Å². The summed E-state index contributed by atoms with van der Waals surface area (Å²) in [6.45, 7) is 11.1. The number of carbonyl (C=O) groups excluding carboxylic acids is 3. The smallest absolute Gasteiger partial charge is 0.408 e. The Balaban J connectivity index is 2.11. The van der Waals surface area contributed by atoms with E-state index in [2.05, 4.69) is 10.6 Å². The van der Waals surface area contributed by atoms with Gasteiger partial charge in [-0.2, -0.15) is 0 Å². The van der Waals surface area contributed by atoms with E-state index in [0.717, 1.165) is 5.56 Å². The summed E-state index contributed by atoms with van der Waals surface area (Å²) in [5.41, 5.74) is 0.0486. The maximum Gasteiger partial charge on any atom is 0.408 e. The molecule has 1 aromatic carbocycles. The summed E-state index contributed by atoms with van der Waals surface area (Å²) < 4.78 is 47.9. The Kier molecular flexibility index (Phi) is 23.5. The van der Waals surface area contributed by atoms with E-state index in [-0.39, 0.29) is 26.2 Å². The van der Waals surface area contributed by atoms with Crippen LogP contribution >= 0.6 is 0 Å². The minimum Gasteiger partial charge on any atom is -0.460 e. The quantitative estimate of drug-likeness (QED) is 0.106. The van der Waals surface area contributed by atoms with E-state index in [1.165, 1.54) is 0 Å². The summed E-state index contributed by atoms with van der Waals surface area (Å²) in [7, 11) is 1.63. The second-order valence-corrected chi connectivity index (χ2v) is 10.5. The average Bonchev–Trinajstić information content (AvgIpc) is 3.00. The van der Waals surface area contributed by atoms with E-state index < -0.39 is 29.6 Å². The molecule has 2 amide bonds. The molecule has 0 aliphatic rings. The Labute approximate surface area is 266 Å². The van der Waals surface area contributed by atoms with Gasteiger partial charge >= 0.3 is 12.1 Å². The van der Waals surface area contributed by atoms with Crippen molar-refractivity contribution in [2.45, 2.75) is 45.4 Å². The Bertz CT molecular complexity index is 898. The number of hydrogen-bond acceptors (Lipinski definition) is 12. The zero-order chi connectivity index (χ0) is 33.0. The van der Waals surface area contributed by atoms with Gasteiger partial charge in [0.05, 0.1) is 92.3 Å². The molecule has 0 bridgehead atoms. The van der Waals surface area contributed by atoms with Crippen molar-refractivity contribution in [3.63, 3.8) is 0 Å². The molecular weight excluding hydrogens is 592 g/mol. The van der Waals surface area contributed by atoms with E-state index in [1.807, 2.05) is 18.2 Å². The summed E-state index contributed by atoms with van der Waals surface area (Å²) in [5.74, 6) is -1.19. The van der Waals surface area contributed by atoms with Crippen molar-refractivity contribution in [2.24, 2.45) is 0 Å². The fourth-order valence-electron chi connectivity index (χ4n) is 3.38. The van der Waals surface area contributed by atoms with Crippen molar-refractivity contribution in [2.75, 3.05) is 99.5 Å². The lowest BCUT2D eigenvalue weighted by Crippen LogP contribution is -2.49. The third kappa shape index (κ3) is 25.1. The molecular formula is C31H52N2O12. The molecule has 0 aliphatic heterocycles. The van der Waals surface area contributed by atoms with Crippen LogP contribution in [0.15, 0.2) is 30.3 Å². The summed E-state index contributed by atoms with van der Waals surface area (Å²) in [6, 6.07) is 7.92. The van der Waals surface area contributed by atoms with Crippen LogP contribution in [0.25, 0.3) is 0 Å². The van der Waals surface area contributed by atoms with Crippen molar-refractivity contribution in [1.29, 1.82) is 0 Å². The Morgan fingerprint density at radius 1 is 0.689 bits per heavy atom. The fourth-order valence-corrected chi connectivity index (χ4v) is 3.38. The van der Waals surface area contributed by atoms with Crippen LogP contribution in [-0.4, -0.2) is 129 Å². The zero-order valence-corrected chi connectivity index (χ0v) is 27.2. The molecule has 0 spiro atoms. The van der Waals surface area contributed by atoms with Crippen LogP contribution in [0.3, 0.4) is 0 Å². The number of rotatable bonds is 27. The maximum atomic E-state index is 12.7. The van der Waals surface area contributed by atoms with Gasteiger partial charge in [-0.1, -0.05) is 30.3 Å². The fraction of sp³-hybridized carbons (Fsp3) is 0.710. The molecule has 0 aliphatic carbocycles. The van der Waals surface area contributed by atoms with Gasteiger partial charge in [0, 0.05) is 13.7 Å². The normalized spacial score (nSPS) is 12.0. The molecule has 1 atom stereocenters. The number of hydrogen-bond donors (Lipinski definition) is 2. The van der Waals surface area contributed by atoms with Crippen LogP contribution < -0.4 is 10.6 Å². The van der Waals surface area contributed by atoms with Crippen LogP contribution in [-0.2, 0) is 58.8 Å². The SMILES string of the molecule is COCCOCCOCCOCCOCCOCCOCCNC(=O)[C@H](CC(=O)OC(C)(C)C)NC(=O)OCc1ccccc1. The predicted molar refractivity (Wildman–Crippen MR) is 164 cm³/mol. The van der Waals surface area contributed by atoms with Gasteiger partial charge in [0.15, 0.2) is 0 Å². The summed E-state index contributed by atoms with van der Waals surface area (Å²) >= 11 is 0. The number of methoxy groups -OCH3 is 1. The highest BCUT2D eigenvalue weighted by Crippen LogP contribution is 2.10. The van der Waals surface area contributed by atoms with Gasteiger partial charge in [0.1, 0.15) is 18.2 Å². The summed E-state index contributed by atoms with van der Waals surface area (Å²) in [5, 5.41) is 5.11. The van der Waals surface area contributed by atoms with Gasteiger partial charge in [-0.15, -0.1) is 0 Å². The molecule has 0 saturated carbocycles. The summed E-state index contributed by atoms with van der Waals surface area (Å²) in [4.78, 5) is 37.4. The Hall–Kier alpha value is -2.85. The molecule has 0 heterocycles. The summed E-state index contributed by atoms with van der Waals surface area (Å²) in [6.07, 6.45) is -1.18. The van der Waals surface area contributed by atoms with Gasteiger partial charge in [-0.25, -0.2) is 4.79 Å². The highest BCUT2D eigenvalue weighted by atomic mass is 16.6. The molecule has 14 heteroatoms. The highest BCUT2D eigenvalue weighted by molar-refractivity contribution is 5.89. The molecule has 0 saturated heterocycles. The molecule has 45 heavy (non-hydrogen) atoms. The van der Waals surface area contributed by atoms with Gasteiger partial charge in [0.25, 0.3) is 0 Å². The topological polar surface area (TPSA) is 158 Å². The van der Waals surface area contributed by atoms with Crippen LogP contribution in [0.4, 0.5) is 4.79 Å². The zero-order valence-electron chi connectivity index (χ0n) is 27.2. The number of ether oxygens (including phenoxy) is 9. The van der Waals surface area contributed by atoms with Gasteiger partial charge in [0.2, 0.25) is 5.91 Å². The van der Waals surface area contributed by atoms with E-state index in [1.54, 1.807) is 40.0 Å². The number of alkyl carbamates (subject to hydrolysis) is 1. The van der Waals surface area contributed by atoms with Gasteiger partial charge in [-0.05, 0) is 26.3 Å². The second kappa shape index (κ2) is 26.4. The monoisotopic (exact) mass is 644 g/mol. The van der Waals surface area contributed by atoms with Crippen molar-refractivity contribution < 1.29 is 57.0 Å². The van der Waals surface area contributed by atoms with E-state index in [0.29, 0.717) is 79.3 Å². The molecule has 0 aromatic heterocycles. The van der Waals surface area contributed by atoms with Crippen molar-refractivity contribution >= 4 is 18.0 Å². The molecule has 0 unspecified atom stereocenters. The average molecular weight is 645 g/mol. The maximum absolute atomic E-state index is 12.7. The Morgan fingerprint density at radius 2 is 1.16 bits per heavy atom. The van der Waals surface area contributed by atoms with Crippen LogP contribution in [0, 0.1) is 0 Å². The van der Waals surface area contributed by atoms with Crippen molar-refractivity contribution in [3.05, 3.63) is 35.9 Å². The van der Waals surface area contributed by atoms with Crippen molar-refractivity contribution in [1.82, 2.24) is 10.6 Å². The third-order valence-electron chi connectivity index (χ3n) is 5.45. The molecule has 0 fully saturated rings. The van der Waals surface area contributed by atoms with Gasteiger partial charge in [-0.3, -0.25) is 9.59 Å². The van der Waals surface area contributed by atoms with Crippen LogP contribution in [0.2, 0.25) is 0 Å². The lowest BCUT2D eigenvalue weighted by molar-refractivity contribution is -0.156. The molecule has 1 rings (SSSR count). The second-order valence-electron chi connectivity index (χ2n) is 10.5. The number of carbonyl (C=O) groups is 3. The van der Waals surface area contributed by atoms with Crippen LogP contribution in [0.1, 0.15) is 32.8 Å². The number of benzene rings is 1.